The maximum absolute atomic E-state index is 6.23. The van der Waals surface area contributed by atoms with Gasteiger partial charge in [0.15, 0.2) is 7.38 Å². The number of anilines is 1. The zero-order chi connectivity index (χ0) is 9.90. The van der Waals surface area contributed by atoms with Crippen LogP contribution in [0.25, 0.3) is 0 Å². The second kappa shape index (κ2) is 4.16. The molecule has 0 saturated heterocycles. The molecule has 0 atom stereocenters. The Kier molecular flexibility index (Phi) is 3.39. The summed E-state index contributed by atoms with van der Waals surface area (Å²) in [6, 6.07) is 9.14. The third-order valence-electron chi connectivity index (χ3n) is 1.96. The van der Waals surface area contributed by atoms with E-state index in [1.165, 1.54) is 5.56 Å². The normalized spacial score (nSPS) is 11.6. The van der Waals surface area contributed by atoms with Gasteiger partial charge >= 0.3 is 0 Å². The predicted octanol–water partition coefficient (Wildman–Crippen LogP) is 3.26. The lowest BCUT2D eigenvalue weighted by molar-refractivity contribution is 1.11. The van der Waals surface area contributed by atoms with Crippen molar-refractivity contribution in [3.05, 3.63) is 29.8 Å². The molecule has 0 aliphatic rings. The first-order chi connectivity index (χ1) is 5.97. The average molecular weight is 214 g/mol. The third-order valence-corrected chi connectivity index (χ3v) is 3.97. The minimum absolute atomic E-state index is 0.839. The van der Waals surface area contributed by atoms with E-state index in [1.54, 1.807) is 0 Å². The van der Waals surface area contributed by atoms with Crippen molar-refractivity contribution in [1.29, 1.82) is 0 Å². The highest BCUT2D eigenvalue weighted by atomic mass is 35.6. The van der Waals surface area contributed by atoms with E-state index in [0.29, 0.717) is 0 Å². The Morgan fingerprint density at radius 2 is 2.08 bits per heavy atom. The Morgan fingerprint density at radius 1 is 1.38 bits per heavy atom. The number of rotatable bonds is 3. The first-order valence-corrected chi connectivity index (χ1v) is 8.73. The predicted molar refractivity (Wildman–Crippen MR) is 62.7 cm³/mol. The van der Waals surface area contributed by atoms with Gasteiger partial charge in [0.1, 0.15) is 0 Å². The van der Waals surface area contributed by atoms with Gasteiger partial charge in [0, 0.05) is 5.69 Å². The molecule has 0 spiro atoms. The maximum atomic E-state index is 6.23. The fraction of sp³-hybridized carbons (Fsp3) is 0.400. The molecule has 72 valence electrons. The van der Waals surface area contributed by atoms with Crippen molar-refractivity contribution in [1.82, 2.24) is 0 Å². The molecule has 0 aliphatic carbocycles. The van der Waals surface area contributed by atoms with E-state index < -0.39 is 7.38 Å². The standard InChI is InChI=1S/C10H16ClNSi/c1-13(2,11)7-6-9-4-3-5-10(12)8-9/h3-5,8H,6-7,12H2,1-2H3. The van der Waals surface area contributed by atoms with Crippen LogP contribution in [0.4, 0.5) is 5.69 Å². The summed E-state index contributed by atoms with van der Waals surface area (Å²) in [7, 11) is -1.43. The molecular weight excluding hydrogens is 198 g/mol. The van der Waals surface area contributed by atoms with Crippen LogP contribution in [0.5, 0.6) is 0 Å². The van der Waals surface area contributed by atoms with Gasteiger partial charge in [-0.3, -0.25) is 0 Å². The molecule has 1 aromatic carbocycles. The number of nitrogens with two attached hydrogens (primary N) is 1. The Bertz CT molecular complexity index is 280. The minimum atomic E-state index is -1.43. The monoisotopic (exact) mass is 213 g/mol. The maximum Gasteiger partial charge on any atom is 0.150 e. The van der Waals surface area contributed by atoms with Crippen LogP contribution < -0.4 is 5.73 Å². The molecule has 1 rings (SSSR count). The number of benzene rings is 1. The number of nitrogen functional groups attached to an aromatic ring is 1. The Balaban J connectivity index is 2.55. The summed E-state index contributed by atoms with van der Waals surface area (Å²) in [5.74, 6) is 0. The zero-order valence-corrected chi connectivity index (χ0v) is 9.93. The van der Waals surface area contributed by atoms with Crippen LogP contribution in [0.1, 0.15) is 5.56 Å². The van der Waals surface area contributed by atoms with Crippen molar-refractivity contribution in [2.24, 2.45) is 0 Å². The Morgan fingerprint density at radius 3 is 2.62 bits per heavy atom. The summed E-state index contributed by atoms with van der Waals surface area (Å²) < 4.78 is 0. The SMILES string of the molecule is C[Si](C)(Cl)CCc1cccc(N)c1. The van der Waals surface area contributed by atoms with Crippen molar-refractivity contribution in [3.63, 3.8) is 0 Å². The molecule has 0 unspecified atom stereocenters. The summed E-state index contributed by atoms with van der Waals surface area (Å²) >= 11 is 6.23. The van der Waals surface area contributed by atoms with Gasteiger partial charge in [0.05, 0.1) is 0 Å². The first kappa shape index (κ1) is 10.6. The molecule has 0 fully saturated rings. The number of aryl methyl sites for hydroxylation is 1. The summed E-state index contributed by atoms with van der Waals surface area (Å²) in [5.41, 5.74) is 7.81. The summed E-state index contributed by atoms with van der Waals surface area (Å²) in [6.45, 7) is 4.34. The summed E-state index contributed by atoms with van der Waals surface area (Å²) in [5, 5.41) is 0. The van der Waals surface area contributed by atoms with Gasteiger partial charge in [0.25, 0.3) is 0 Å². The van der Waals surface area contributed by atoms with Gasteiger partial charge in [-0.2, -0.15) is 11.1 Å². The molecule has 13 heavy (non-hydrogen) atoms. The third kappa shape index (κ3) is 4.34. The number of hydrogen-bond donors (Lipinski definition) is 1. The smallest absolute Gasteiger partial charge is 0.150 e. The Hall–Kier alpha value is -0.473. The molecule has 2 N–H and O–H groups in total. The second-order valence-electron chi connectivity index (χ2n) is 3.96. The van der Waals surface area contributed by atoms with Gasteiger partial charge < -0.3 is 5.73 Å². The molecule has 3 heteroatoms. The van der Waals surface area contributed by atoms with E-state index >= 15 is 0 Å². The van der Waals surface area contributed by atoms with Gasteiger partial charge in [0.2, 0.25) is 0 Å². The number of halogens is 1. The van der Waals surface area contributed by atoms with Crippen LogP contribution in [-0.2, 0) is 6.42 Å². The van der Waals surface area contributed by atoms with E-state index in [9.17, 15) is 0 Å². The molecule has 0 saturated carbocycles. The summed E-state index contributed by atoms with van der Waals surface area (Å²) in [6.07, 6.45) is 1.05. The second-order valence-corrected chi connectivity index (χ2v) is 11.0. The van der Waals surface area contributed by atoms with Crippen molar-refractivity contribution >= 4 is 24.2 Å². The number of hydrogen-bond acceptors (Lipinski definition) is 1. The molecular formula is C10H16ClNSi. The van der Waals surface area contributed by atoms with Crippen LogP contribution in [-0.4, -0.2) is 7.38 Å². The largest absolute Gasteiger partial charge is 0.399 e. The minimum Gasteiger partial charge on any atom is -0.399 e. The first-order valence-electron chi connectivity index (χ1n) is 4.51. The van der Waals surface area contributed by atoms with Crippen LogP contribution in [0.2, 0.25) is 19.1 Å². The quantitative estimate of drug-likeness (QED) is 0.466. The molecule has 0 heterocycles. The lowest BCUT2D eigenvalue weighted by Gasteiger charge is -2.12. The van der Waals surface area contributed by atoms with E-state index in [4.69, 9.17) is 16.8 Å². The van der Waals surface area contributed by atoms with E-state index in [2.05, 4.69) is 19.2 Å². The van der Waals surface area contributed by atoms with Crippen molar-refractivity contribution in [2.45, 2.75) is 25.6 Å². The van der Waals surface area contributed by atoms with Crippen LogP contribution in [0, 0.1) is 0 Å². The molecule has 0 bridgehead atoms. The molecule has 0 aromatic heterocycles. The van der Waals surface area contributed by atoms with E-state index in [1.807, 2.05) is 18.2 Å². The van der Waals surface area contributed by atoms with Crippen LogP contribution in [0.15, 0.2) is 24.3 Å². The summed E-state index contributed by atoms with van der Waals surface area (Å²) in [4.78, 5) is 0. The van der Waals surface area contributed by atoms with E-state index in [0.717, 1.165) is 18.2 Å². The molecule has 1 nitrogen and oxygen atoms in total. The highest BCUT2D eigenvalue weighted by molar-refractivity contribution is 7.19. The van der Waals surface area contributed by atoms with Gasteiger partial charge in [-0.05, 0) is 30.2 Å². The lowest BCUT2D eigenvalue weighted by Crippen LogP contribution is -2.16. The van der Waals surface area contributed by atoms with Crippen LogP contribution >= 0.6 is 11.1 Å². The Labute approximate surface area is 85.6 Å². The molecule has 0 radical (unpaired) electrons. The van der Waals surface area contributed by atoms with E-state index in [-0.39, 0.29) is 0 Å². The van der Waals surface area contributed by atoms with Crippen molar-refractivity contribution in [2.75, 3.05) is 5.73 Å². The lowest BCUT2D eigenvalue weighted by atomic mass is 10.1. The highest BCUT2D eigenvalue weighted by Crippen LogP contribution is 2.18. The van der Waals surface area contributed by atoms with Crippen molar-refractivity contribution in [3.8, 4) is 0 Å². The van der Waals surface area contributed by atoms with Gasteiger partial charge in [-0.15, -0.1) is 0 Å². The zero-order valence-electron chi connectivity index (χ0n) is 8.18. The van der Waals surface area contributed by atoms with Gasteiger partial charge in [-0.1, -0.05) is 25.2 Å². The average Bonchev–Trinajstić information content (AvgIpc) is 2.00. The van der Waals surface area contributed by atoms with Crippen LogP contribution in [0.3, 0.4) is 0 Å². The van der Waals surface area contributed by atoms with Crippen molar-refractivity contribution < 1.29 is 0 Å². The van der Waals surface area contributed by atoms with Gasteiger partial charge in [-0.25, -0.2) is 0 Å². The molecule has 0 amide bonds. The molecule has 0 aliphatic heterocycles. The fourth-order valence-electron chi connectivity index (χ4n) is 1.19. The topological polar surface area (TPSA) is 26.0 Å². The molecule has 1 aromatic rings. The fourth-order valence-corrected chi connectivity index (χ4v) is 2.36. The highest BCUT2D eigenvalue weighted by Gasteiger charge is 2.16.